The molecule has 46 heavy (non-hydrogen) atoms. The van der Waals surface area contributed by atoms with Crippen molar-refractivity contribution in [3.63, 3.8) is 0 Å². The zero-order chi connectivity index (χ0) is 30.5. The van der Waals surface area contributed by atoms with E-state index in [0.29, 0.717) is 0 Å². The van der Waals surface area contributed by atoms with Gasteiger partial charge in [-0.05, 0) is 98.9 Å². The van der Waals surface area contributed by atoms with E-state index in [1.165, 1.54) is 43.8 Å². The summed E-state index contributed by atoms with van der Waals surface area (Å²) in [6, 6.07) is 62.9. The molecule has 9 rings (SSSR count). The monoisotopic (exact) mass is 587 g/mol. The standard InChI is InChI=1S/C44H29NO/c1-3-11-30(12-4-1)33-19-20-35-26-36(22-21-34(35)25-33)40-27-31-13-7-8-14-32(31)28-42(40)45(37-15-5-2-6-16-37)38-23-24-44-41(29-38)39-17-9-10-18-43(39)46-44/h1-29H. The predicted octanol–water partition coefficient (Wildman–Crippen LogP) is 12.7. The van der Waals surface area contributed by atoms with Crippen molar-refractivity contribution in [2.24, 2.45) is 0 Å². The molecule has 2 heteroatoms. The zero-order valence-corrected chi connectivity index (χ0v) is 25.1. The van der Waals surface area contributed by atoms with Gasteiger partial charge in [0.05, 0.1) is 5.69 Å². The summed E-state index contributed by atoms with van der Waals surface area (Å²) in [5, 5.41) is 7.08. The van der Waals surface area contributed by atoms with Gasteiger partial charge in [0, 0.05) is 27.7 Å². The molecule has 0 saturated carbocycles. The summed E-state index contributed by atoms with van der Waals surface area (Å²) in [6.45, 7) is 0. The number of para-hydroxylation sites is 2. The Morgan fingerprint density at radius 3 is 1.76 bits per heavy atom. The first-order valence-electron chi connectivity index (χ1n) is 15.7. The first kappa shape index (κ1) is 26.3. The summed E-state index contributed by atoms with van der Waals surface area (Å²) >= 11 is 0. The summed E-state index contributed by atoms with van der Waals surface area (Å²) in [5.74, 6) is 0. The minimum Gasteiger partial charge on any atom is -0.456 e. The summed E-state index contributed by atoms with van der Waals surface area (Å²) in [6.07, 6.45) is 0. The average Bonchev–Trinajstić information content (AvgIpc) is 3.50. The second kappa shape index (κ2) is 10.8. The third-order valence-electron chi connectivity index (χ3n) is 9.00. The van der Waals surface area contributed by atoms with E-state index in [2.05, 4.69) is 169 Å². The van der Waals surface area contributed by atoms with Crippen LogP contribution in [0.25, 0.3) is 65.7 Å². The van der Waals surface area contributed by atoms with E-state index < -0.39 is 0 Å². The van der Waals surface area contributed by atoms with E-state index in [0.717, 1.165) is 39.0 Å². The smallest absolute Gasteiger partial charge is 0.135 e. The van der Waals surface area contributed by atoms with Crippen molar-refractivity contribution in [1.29, 1.82) is 0 Å². The van der Waals surface area contributed by atoms with Gasteiger partial charge in [0.2, 0.25) is 0 Å². The van der Waals surface area contributed by atoms with Crippen molar-refractivity contribution in [1.82, 2.24) is 0 Å². The molecule has 0 atom stereocenters. The minimum absolute atomic E-state index is 0.890. The fourth-order valence-corrected chi connectivity index (χ4v) is 6.73. The molecule has 216 valence electrons. The molecule has 0 bridgehead atoms. The fourth-order valence-electron chi connectivity index (χ4n) is 6.73. The molecule has 9 aromatic rings. The van der Waals surface area contributed by atoms with E-state index in [9.17, 15) is 0 Å². The van der Waals surface area contributed by atoms with Gasteiger partial charge < -0.3 is 9.32 Å². The van der Waals surface area contributed by atoms with E-state index in [1.807, 2.05) is 12.1 Å². The second-order valence-corrected chi connectivity index (χ2v) is 11.8. The molecular weight excluding hydrogens is 558 g/mol. The van der Waals surface area contributed by atoms with Crippen LogP contribution in [0.15, 0.2) is 180 Å². The van der Waals surface area contributed by atoms with E-state index in [1.54, 1.807) is 0 Å². The minimum atomic E-state index is 0.890. The Bertz CT molecular complexity index is 2530. The first-order valence-corrected chi connectivity index (χ1v) is 15.7. The Hall–Kier alpha value is -6.12. The molecule has 0 spiro atoms. The first-order chi connectivity index (χ1) is 22.8. The molecule has 1 aromatic heterocycles. The molecule has 0 fully saturated rings. The Morgan fingerprint density at radius 1 is 0.348 bits per heavy atom. The number of anilines is 3. The van der Waals surface area contributed by atoms with Crippen molar-refractivity contribution in [2.45, 2.75) is 0 Å². The lowest BCUT2D eigenvalue weighted by molar-refractivity contribution is 0.669. The largest absolute Gasteiger partial charge is 0.456 e. The quantitative estimate of drug-likeness (QED) is 0.199. The maximum Gasteiger partial charge on any atom is 0.135 e. The summed E-state index contributed by atoms with van der Waals surface area (Å²) in [5.41, 5.74) is 9.90. The summed E-state index contributed by atoms with van der Waals surface area (Å²) in [7, 11) is 0. The molecule has 0 aliphatic carbocycles. The molecule has 1 heterocycles. The lowest BCUT2D eigenvalue weighted by Crippen LogP contribution is -2.11. The summed E-state index contributed by atoms with van der Waals surface area (Å²) in [4.78, 5) is 2.38. The Balaban J connectivity index is 1.27. The van der Waals surface area contributed by atoms with Crippen molar-refractivity contribution < 1.29 is 4.42 Å². The van der Waals surface area contributed by atoms with Gasteiger partial charge in [0.25, 0.3) is 0 Å². The highest BCUT2D eigenvalue weighted by Crippen LogP contribution is 2.45. The Morgan fingerprint density at radius 2 is 0.957 bits per heavy atom. The topological polar surface area (TPSA) is 16.4 Å². The Kier molecular flexibility index (Phi) is 6.17. The molecule has 0 aliphatic rings. The molecule has 8 aromatic carbocycles. The van der Waals surface area contributed by atoms with Gasteiger partial charge in [-0.15, -0.1) is 0 Å². The van der Waals surface area contributed by atoms with Crippen LogP contribution in [0.4, 0.5) is 17.1 Å². The van der Waals surface area contributed by atoms with Crippen LogP contribution in [0, 0.1) is 0 Å². The van der Waals surface area contributed by atoms with Crippen molar-refractivity contribution in [2.75, 3.05) is 4.90 Å². The molecule has 0 unspecified atom stereocenters. The van der Waals surface area contributed by atoms with Gasteiger partial charge in [-0.1, -0.05) is 115 Å². The van der Waals surface area contributed by atoms with Gasteiger partial charge >= 0.3 is 0 Å². The van der Waals surface area contributed by atoms with Crippen LogP contribution in [-0.2, 0) is 0 Å². The van der Waals surface area contributed by atoms with Gasteiger partial charge in [-0.3, -0.25) is 0 Å². The van der Waals surface area contributed by atoms with Crippen molar-refractivity contribution in [3.8, 4) is 22.3 Å². The molecule has 0 amide bonds. The lowest BCUT2D eigenvalue weighted by atomic mass is 9.94. The number of furan rings is 1. The van der Waals surface area contributed by atoms with Crippen LogP contribution in [0.3, 0.4) is 0 Å². The highest BCUT2D eigenvalue weighted by atomic mass is 16.3. The maximum absolute atomic E-state index is 6.21. The third-order valence-corrected chi connectivity index (χ3v) is 9.00. The number of rotatable bonds is 5. The molecule has 2 nitrogen and oxygen atoms in total. The fraction of sp³-hybridized carbons (Fsp3) is 0. The van der Waals surface area contributed by atoms with Crippen LogP contribution in [0.5, 0.6) is 0 Å². The van der Waals surface area contributed by atoms with Crippen LogP contribution >= 0.6 is 0 Å². The normalized spacial score (nSPS) is 11.5. The van der Waals surface area contributed by atoms with Gasteiger partial charge in [0.1, 0.15) is 11.2 Å². The van der Waals surface area contributed by atoms with Crippen LogP contribution in [0.1, 0.15) is 0 Å². The number of hydrogen-bond donors (Lipinski definition) is 0. The SMILES string of the molecule is c1ccc(-c2ccc3cc(-c4cc5ccccc5cc4N(c4ccccc4)c4ccc5oc6ccccc6c5c4)ccc3c2)cc1. The molecular formula is C44H29NO. The molecule has 0 radical (unpaired) electrons. The molecule has 0 saturated heterocycles. The molecule has 0 aliphatic heterocycles. The number of fused-ring (bicyclic) bond motifs is 5. The van der Waals surface area contributed by atoms with E-state index >= 15 is 0 Å². The third kappa shape index (κ3) is 4.51. The lowest BCUT2D eigenvalue weighted by Gasteiger charge is -2.28. The summed E-state index contributed by atoms with van der Waals surface area (Å²) < 4.78 is 6.21. The second-order valence-electron chi connectivity index (χ2n) is 11.8. The highest BCUT2D eigenvalue weighted by Gasteiger charge is 2.20. The number of benzene rings is 8. The number of nitrogens with zero attached hydrogens (tertiary/aromatic N) is 1. The van der Waals surface area contributed by atoms with Crippen LogP contribution in [-0.4, -0.2) is 0 Å². The average molecular weight is 588 g/mol. The maximum atomic E-state index is 6.21. The van der Waals surface area contributed by atoms with Gasteiger partial charge in [-0.2, -0.15) is 0 Å². The van der Waals surface area contributed by atoms with E-state index in [4.69, 9.17) is 4.42 Å². The molecule has 0 N–H and O–H groups in total. The highest BCUT2D eigenvalue weighted by molar-refractivity contribution is 6.07. The van der Waals surface area contributed by atoms with E-state index in [-0.39, 0.29) is 0 Å². The van der Waals surface area contributed by atoms with Gasteiger partial charge in [0.15, 0.2) is 0 Å². The van der Waals surface area contributed by atoms with Crippen LogP contribution in [0.2, 0.25) is 0 Å². The number of hydrogen-bond acceptors (Lipinski definition) is 2. The zero-order valence-electron chi connectivity index (χ0n) is 25.1. The Labute approximate surface area is 267 Å². The predicted molar refractivity (Wildman–Crippen MR) is 194 cm³/mol. The van der Waals surface area contributed by atoms with Gasteiger partial charge in [-0.25, -0.2) is 0 Å². The van der Waals surface area contributed by atoms with Crippen molar-refractivity contribution in [3.05, 3.63) is 176 Å². The van der Waals surface area contributed by atoms with Crippen molar-refractivity contribution >= 4 is 60.5 Å². The van der Waals surface area contributed by atoms with Crippen LogP contribution < -0.4 is 4.90 Å².